The summed E-state index contributed by atoms with van der Waals surface area (Å²) in [5.41, 5.74) is 0. The van der Waals surface area contributed by atoms with E-state index >= 15 is 0 Å². The van der Waals surface area contributed by atoms with E-state index in [1.807, 2.05) is 0 Å². The van der Waals surface area contributed by atoms with Gasteiger partial charge < -0.3 is 0 Å². The van der Waals surface area contributed by atoms with Gasteiger partial charge in [-0.1, -0.05) is 0 Å². The number of halogens is 16. The van der Waals surface area contributed by atoms with Crippen molar-refractivity contribution < 1.29 is 70.2 Å². The predicted octanol–water partition coefficient (Wildman–Crippen LogP) is 5.85. The van der Waals surface area contributed by atoms with Crippen molar-refractivity contribution in [3.8, 4) is 0 Å². The van der Waals surface area contributed by atoms with Gasteiger partial charge in [0.2, 0.25) is 11.7 Å². The largest absolute Gasteiger partial charge is 0.445 e. The molecule has 0 N–H and O–H groups in total. The first-order valence-electron chi connectivity index (χ1n) is 5.21. The second-order valence-electron chi connectivity index (χ2n) is 4.26. The summed E-state index contributed by atoms with van der Waals surface area (Å²) < 4.78 is 199. The number of hydrogen-bond acceptors (Lipinski definition) is 0. The Bertz CT molecular complexity index is 522. The molecule has 0 fully saturated rings. The van der Waals surface area contributed by atoms with Crippen molar-refractivity contribution in [1.29, 1.82) is 0 Å². The monoisotopic (exact) mass is 414 g/mol. The Balaban J connectivity index is 6.47. The third-order valence-corrected chi connectivity index (χ3v) is 2.53. The van der Waals surface area contributed by atoms with Gasteiger partial charge in [-0.2, -0.15) is 61.5 Å². The van der Waals surface area contributed by atoms with Gasteiger partial charge in [0.1, 0.15) is 0 Å². The van der Waals surface area contributed by atoms with Crippen LogP contribution in [-0.2, 0) is 0 Å². The smallest absolute Gasteiger partial charge is 0.244 e. The first-order chi connectivity index (χ1) is 10.6. The third kappa shape index (κ3) is 3.35. The van der Waals surface area contributed by atoms with Crippen LogP contribution in [-0.4, -0.2) is 42.5 Å². The SMILES string of the molecule is FCC(F)(F)C(F)(F)C(F)(F)C(F)(F)C(F)(F)/C(F)=C(\F)C(F)(F)F. The van der Waals surface area contributed by atoms with Crippen LogP contribution >= 0.6 is 0 Å². The van der Waals surface area contributed by atoms with Crippen molar-refractivity contribution in [2.45, 2.75) is 35.8 Å². The molecule has 0 aromatic rings. The molecule has 0 nitrogen and oxygen atoms in total. The maximum atomic E-state index is 12.9. The Labute approximate surface area is 126 Å². The predicted molar refractivity (Wildman–Crippen MR) is 46.0 cm³/mol. The fourth-order valence-corrected chi connectivity index (χ4v) is 1.11. The normalized spacial score (nSPS) is 16.8. The molecule has 0 amide bonds. The van der Waals surface area contributed by atoms with E-state index in [2.05, 4.69) is 0 Å². The van der Waals surface area contributed by atoms with E-state index in [9.17, 15) is 70.2 Å². The van der Waals surface area contributed by atoms with E-state index in [1.165, 1.54) is 0 Å². The Kier molecular flexibility index (Phi) is 5.77. The van der Waals surface area contributed by atoms with Gasteiger partial charge in [-0.3, -0.25) is 0 Å². The van der Waals surface area contributed by atoms with Gasteiger partial charge in [0.05, 0.1) is 0 Å². The van der Waals surface area contributed by atoms with Crippen molar-refractivity contribution in [2.24, 2.45) is 0 Å². The molecular weight excluding hydrogens is 412 g/mol. The van der Waals surface area contributed by atoms with Crippen LogP contribution in [0.3, 0.4) is 0 Å². The molecule has 0 aliphatic carbocycles. The van der Waals surface area contributed by atoms with Gasteiger partial charge >= 0.3 is 35.8 Å². The maximum Gasteiger partial charge on any atom is 0.445 e. The summed E-state index contributed by atoms with van der Waals surface area (Å²) >= 11 is 0. The molecule has 0 heterocycles. The van der Waals surface area contributed by atoms with E-state index in [1.54, 1.807) is 0 Å². The van der Waals surface area contributed by atoms with E-state index in [0.29, 0.717) is 0 Å². The van der Waals surface area contributed by atoms with Crippen molar-refractivity contribution >= 4 is 0 Å². The second-order valence-corrected chi connectivity index (χ2v) is 4.26. The lowest BCUT2D eigenvalue weighted by Gasteiger charge is -2.38. The molecule has 0 saturated carbocycles. The molecule has 0 aliphatic rings. The molecule has 150 valence electrons. The summed E-state index contributed by atoms with van der Waals surface area (Å²) in [6.07, 6.45) is -6.77. The molecule has 0 spiro atoms. The molecule has 0 bridgehead atoms. The molecule has 0 aromatic carbocycles. The van der Waals surface area contributed by atoms with E-state index in [-0.39, 0.29) is 0 Å². The van der Waals surface area contributed by atoms with E-state index < -0.39 is 54.1 Å². The Hall–Kier alpha value is -1.38. The number of hydrogen-bond donors (Lipinski definition) is 0. The summed E-state index contributed by atoms with van der Waals surface area (Å²) in [4.78, 5) is 0. The highest BCUT2D eigenvalue weighted by Gasteiger charge is 2.87. The number of allylic oxidation sites excluding steroid dienone is 2. The van der Waals surface area contributed by atoms with E-state index in [0.717, 1.165) is 0 Å². The molecule has 0 rings (SSSR count). The van der Waals surface area contributed by atoms with Crippen LogP contribution in [0.1, 0.15) is 0 Å². The average Bonchev–Trinajstić information content (AvgIpc) is 2.43. The fourth-order valence-electron chi connectivity index (χ4n) is 1.11. The zero-order chi connectivity index (χ0) is 20.9. The zero-order valence-electron chi connectivity index (χ0n) is 10.8. The van der Waals surface area contributed by atoms with Crippen molar-refractivity contribution in [3.63, 3.8) is 0 Å². The minimum absolute atomic E-state index is 3.79. The lowest BCUT2D eigenvalue weighted by molar-refractivity contribution is -0.398. The Morgan fingerprint density at radius 2 is 0.880 bits per heavy atom. The van der Waals surface area contributed by atoms with Crippen LogP contribution < -0.4 is 0 Å². The van der Waals surface area contributed by atoms with Crippen LogP contribution in [0.2, 0.25) is 0 Å². The molecule has 0 saturated heterocycles. The number of alkyl halides is 14. The highest BCUT2D eigenvalue weighted by Crippen LogP contribution is 2.59. The van der Waals surface area contributed by atoms with Crippen LogP contribution in [0, 0.1) is 0 Å². The fraction of sp³-hybridized carbons (Fsp3) is 0.778. The van der Waals surface area contributed by atoms with Crippen LogP contribution in [0.5, 0.6) is 0 Å². The lowest BCUT2D eigenvalue weighted by atomic mass is 9.94. The summed E-state index contributed by atoms with van der Waals surface area (Å²) in [6, 6.07) is 0. The molecule has 0 aromatic heterocycles. The summed E-state index contributed by atoms with van der Waals surface area (Å²) in [5, 5.41) is 0. The van der Waals surface area contributed by atoms with Crippen molar-refractivity contribution in [2.75, 3.05) is 6.67 Å². The first kappa shape index (κ1) is 23.6. The number of rotatable bonds is 6. The van der Waals surface area contributed by atoms with Gasteiger partial charge in [0.15, 0.2) is 6.67 Å². The minimum Gasteiger partial charge on any atom is -0.244 e. The standard InChI is InChI=1S/C9H2F16/c10-1-4(13,14)7(20,21)9(24,25)8(22,23)5(15,16)2(11)3(12)6(17,18)19/h1H2/b3-2+. The summed E-state index contributed by atoms with van der Waals surface area (Å²) in [6.45, 7) is -3.79. The minimum atomic E-state index is -8.03. The highest BCUT2D eigenvalue weighted by molar-refractivity contribution is 5.22. The van der Waals surface area contributed by atoms with Crippen LogP contribution in [0.25, 0.3) is 0 Å². The van der Waals surface area contributed by atoms with Gasteiger partial charge in [-0.05, 0) is 0 Å². The highest BCUT2D eigenvalue weighted by atomic mass is 19.4. The van der Waals surface area contributed by atoms with Gasteiger partial charge in [-0.15, -0.1) is 0 Å². The quantitative estimate of drug-likeness (QED) is 0.479. The Morgan fingerprint density at radius 3 is 1.16 bits per heavy atom. The maximum absolute atomic E-state index is 12.9. The molecular formula is C9H2F16. The molecule has 25 heavy (non-hydrogen) atoms. The molecule has 0 radical (unpaired) electrons. The molecule has 16 heteroatoms. The van der Waals surface area contributed by atoms with E-state index in [4.69, 9.17) is 0 Å². The van der Waals surface area contributed by atoms with Crippen molar-refractivity contribution in [1.82, 2.24) is 0 Å². The summed E-state index contributed by atoms with van der Waals surface area (Å²) in [5.74, 6) is -47.7. The molecule has 0 unspecified atom stereocenters. The zero-order valence-corrected chi connectivity index (χ0v) is 10.8. The van der Waals surface area contributed by atoms with Crippen LogP contribution in [0.4, 0.5) is 70.2 Å². The molecule has 0 atom stereocenters. The van der Waals surface area contributed by atoms with Gasteiger partial charge in [0.25, 0.3) is 0 Å². The third-order valence-electron chi connectivity index (χ3n) is 2.53. The average molecular weight is 414 g/mol. The summed E-state index contributed by atoms with van der Waals surface area (Å²) in [7, 11) is 0. The van der Waals surface area contributed by atoms with Crippen LogP contribution in [0.15, 0.2) is 11.7 Å². The topological polar surface area (TPSA) is 0 Å². The van der Waals surface area contributed by atoms with Crippen molar-refractivity contribution in [3.05, 3.63) is 11.7 Å². The second kappa shape index (κ2) is 6.10. The lowest BCUT2D eigenvalue weighted by Crippen LogP contribution is -2.67. The van der Waals surface area contributed by atoms with Gasteiger partial charge in [-0.25, -0.2) is 8.78 Å². The van der Waals surface area contributed by atoms with Gasteiger partial charge in [0, 0.05) is 0 Å². The molecule has 0 aliphatic heterocycles. The first-order valence-corrected chi connectivity index (χ1v) is 5.21. The Morgan fingerprint density at radius 1 is 0.520 bits per heavy atom.